The average Bonchev–Trinajstić information content (AvgIpc) is 2.90. The van der Waals surface area contributed by atoms with Crippen LogP contribution in [0.4, 0.5) is 11.4 Å². The van der Waals surface area contributed by atoms with Crippen LogP contribution in [-0.2, 0) is 4.79 Å². The number of rotatable bonds is 3. The number of nitriles is 1. The minimum Gasteiger partial charge on any atom is -0.324 e. The van der Waals surface area contributed by atoms with Gasteiger partial charge in [0, 0.05) is 17.3 Å². The lowest BCUT2D eigenvalue weighted by molar-refractivity contribution is -0.385. The van der Waals surface area contributed by atoms with Gasteiger partial charge >= 0.3 is 0 Å². The van der Waals surface area contributed by atoms with E-state index in [1.165, 1.54) is 6.07 Å². The Morgan fingerprint density at radius 2 is 2.10 bits per heavy atom. The Kier molecular flexibility index (Phi) is 3.70. The van der Waals surface area contributed by atoms with Crippen molar-refractivity contribution in [3.8, 4) is 6.07 Å². The van der Waals surface area contributed by atoms with Crippen LogP contribution in [0.25, 0.3) is 0 Å². The summed E-state index contributed by atoms with van der Waals surface area (Å²) in [4.78, 5) is 22.6. The Bertz CT molecular complexity index is 598. The minimum atomic E-state index is -0.986. The number of nitro benzene ring substituents is 1. The second-order valence-electron chi connectivity index (χ2n) is 5.11. The van der Waals surface area contributed by atoms with E-state index in [9.17, 15) is 20.2 Å². The van der Waals surface area contributed by atoms with Crippen LogP contribution in [0.15, 0.2) is 18.2 Å². The number of hydrogen-bond donors (Lipinski definition) is 1. The third kappa shape index (κ3) is 2.48. The van der Waals surface area contributed by atoms with Gasteiger partial charge < -0.3 is 5.32 Å². The molecular weight excluding hydrogens is 258 g/mol. The summed E-state index contributed by atoms with van der Waals surface area (Å²) in [6.07, 6.45) is 2.80. The number of amides is 1. The Hall–Kier alpha value is -2.42. The van der Waals surface area contributed by atoms with Gasteiger partial charge in [-0.3, -0.25) is 14.9 Å². The number of nitro groups is 1. The third-order valence-corrected chi connectivity index (χ3v) is 3.77. The normalized spacial score (nSPS) is 16.4. The van der Waals surface area contributed by atoms with E-state index in [1.807, 2.05) is 0 Å². The molecule has 1 aliphatic carbocycles. The molecule has 1 amide bonds. The third-order valence-electron chi connectivity index (χ3n) is 3.77. The van der Waals surface area contributed by atoms with Gasteiger partial charge in [-0.1, -0.05) is 18.9 Å². The Morgan fingerprint density at radius 3 is 2.65 bits per heavy atom. The molecule has 0 saturated heterocycles. The van der Waals surface area contributed by atoms with Crippen LogP contribution in [-0.4, -0.2) is 10.8 Å². The molecule has 0 bridgehead atoms. The monoisotopic (exact) mass is 273 g/mol. The van der Waals surface area contributed by atoms with Gasteiger partial charge in [0.15, 0.2) is 0 Å². The topological polar surface area (TPSA) is 96.0 Å². The van der Waals surface area contributed by atoms with Crippen molar-refractivity contribution in [2.24, 2.45) is 5.41 Å². The molecule has 2 rings (SSSR count). The summed E-state index contributed by atoms with van der Waals surface area (Å²) in [5.74, 6) is -0.365. The molecule has 1 aromatic rings. The molecule has 0 spiro atoms. The number of hydrogen-bond acceptors (Lipinski definition) is 4. The first kappa shape index (κ1) is 14.0. The predicted molar refractivity (Wildman–Crippen MR) is 73.0 cm³/mol. The fourth-order valence-electron chi connectivity index (χ4n) is 2.50. The van der Waals surface area contributed by atoms with E-state index in [2.05, 4.69) is 11.4 Å². The maximum atomic E-state index is 12.2. The van der Waals surface area contributed by atoms with Crippen molar-refractivity contribution in [3.63, 3.8) is 0 Å². The van der Waals surface area contributed by atoms with Gasteiger partial charge in [-0.15, -0.1) is 0 Å². The van der Waals surface area contributed by atoms with Gasteiger partial charge in [0.1, 0.15) is 5.41 Å². The lowest BCUT2D eigenvalue weighted by atomic mass is 9.87. The Morgan fingerprint density at radius 1 is 1.45 bits per heavy atom. The average molecular weight is 273 g/mol. The number of aryl methyl sites for hydroxylation is 1. The summed E-state index contributed by atoms with van der Waals surface area (Å²) in [7, 11) is 0. The molecule has 1 fully saturated rings. The summed E-state index contributed by atoms with van der Waals surface area (Å²) < 4.78 is 0. The molecule has 6 nitrogen and oxygen atoms in total. The summed E-state index contributed by atoms with van der Waals surface area (Å²) >= 11 is 0. The van der Waals surface area contributed by atoms with E-state index in [0.717, 1.165) is 12.8 Å². The largest absolute Gasteiger partial charge is 0.324 e. The lowest BCUT2D eigenvalue weighted by Crippen LogP contribution is -2.32. The van der Waals surface area contributed by atoms with Crippen molar-refractivity contribution in [3.05, 3.63) is 33.9 Å². The molecule has 0 aromatic heterocycles. The summed E-state index contributed by atoms with van der Waals surface area (Å²) in [5.41, 5.74) is -0.141. The van der Waals surface area contributed by atoms with E-state index >= 15 is 0 Å². The first-order valence-electron chi connectivity index (χ1n) is 6.46. The van der Waals surface area contributed by atoms with Crippen LogP contribution in [0.2, 0.25) is 0 Å². The highest BCUT2D eigenvalue weighted by Gasteiger charge is 2.41. The Balaban J connectivity index is 2.22. The molecule has 0 heterocycles. The molecule has 1 aromatic carbocycles. The van der Waals surface area contributed by atoms with E-state index in [-0.39, 0.29) is 11.6 Å². The van der Waals surface area contributed by atoms with Gasteiger partial charge in [0.05, 0.1) is 11.0 Å². The van der Waals surface area contributed by atoms with Gasteiger partial charge in [-0.05, 0) is 25.8 Å². The molecule has 1 aliphatic rings. The highest BCUT2D eigenvalue weighted by molar-refractivity contribution is 5.97. The maximum Gasteiger partial charge on any atom is 0.274 e. The number of carbonyl (C=O) groups is 1. The first-order valence-corrected chi connectivity index (χ1v) is 6.46. The second kappa shape index (κ2) is 5.29. The van der Waals surface area contributed by atoms with Gasteiger partial charge in [0.2, 0.25) is 5.91 Å². The molecule has 0 unspecified atom stereocenters. The number of nitrogens with one attached hydrogen (secondary N) is 1. The van der Waals surface area contributed by atoms with Crippen LogP contribution in [0.1, 0.15) is 31.2 Å². The lowest BCUT2D eigenvalue weighted by Gasteiger charge is -2.19. The van der Waals surface area contributed by atoms with Crippen LogP contribution < -0.4 is 5.32 Å². The number of anilines is 1. The van der Waals surface area contributed by atoms with E-state index in [4.69, 9.17) is 0 Å². The highest BCUT2D eigenvalue weighted by atomic mass is 16.6. The number of carbonyl (C=O) groups excluding carboxylic acids is 1. The predicted octanol–water partition coefficient (Wildman–Crippen LogP) is 2.93. The second-order valence-corrected chi connectivity index (χ2v) is 5.11. The van der Waals surface area contributed by atoms with Gasteiger partial charge in [0.25, 0.3) is 5.69 Å². The van der Waals surface area contributed by atoms with Gasteiger partial charge in [-0.2, -0.15) is 5.26 Å². The van der Waals surface area contributed by atoms with E-state index in [0.29, 0.717) is 24.1 Å². The quantitative estimate of drug-likeness (QED) is 0.676. The zero-order valence-corrected chi connectivity index (χ0v) is 11.2. The standard InChI is InChI=1S/C14H15N3O3/c1-10-4-5-11(8-12(10)17(19)20)16-13(18)14(9-15)6-2-3-7-14/h4-5,8H,2-3,6-7H2,1H3,(H,16,18). The van der Waals surface area contributed by atoms with Crippen molar-refractivity contribution in [1.82, 2.24) is 0 Å². The van der Waals surface area contributed by atoms with Crippen LogP contribution in [0.3, 0.4) is 0 Å². The van der Waals surface area contributed by atoms with Crippen molar-refractivity contribution in [2.45, 2.75) is 32.6 Å². The summed E-state index contributed by atoms with van der Waals surface area (Å²) in [5, 5.41) is 22.7. The van der Waals surface area contributed by atoms with Crippen molar-refractivity contribution in [2.75, 3.05) is 5.32 Å². The Labute approximate surface area is 116 Å². The molecule has 6 heteroatoms. The van der Waals surface area contributed by atoms with E-state index < -0.39 is 10.3 Å². The fraction of sp³-hybridized carbons (Fsp3) is 0.429. The number of benzene rings is 1. The SMILES string of the molecule is Cc1ccc(NC(=O)C2(C#N)CCCC2)cc1[N+](=O)[O-]. The van der Waals surface area contributed by atoms with Crippen molar-refractivity contribution >= 4 is 17.3 Å². The molecule has 0 radical (unpaired) electrons. The molecule has 0 aliphatic heterocycles. The van der Waals surface area contributed by atoms with Crippen LogP contribution in [0, 0.1) is 33.8 Å². The van der Waals surface area contributed by atoms with Crippen LogP contribution in [0.5, 0.6) is 0 Å². The zero-order chi connectivity index (χ0) is 14.8. The molecule has 1 N–H and O–H groups in total. The molecule has 0 atom stereocenters. The van der Waals surface area contributed by atoms with Gasteiger partial charge in [-0.25, -0.2) is 0 Å². The van der Waals surface area contributed by atoms with Crippen molar-refractivity contribution < 1.29 is 9.72 Å². The molecule has 1 saturated carbocycles. The zero-order valence-electron chi connectivity index (χ0n) is 11.2. The number of nitrogens with zero attached hydrogens (tertiary/aromatic N) is 2. The van der Waals surface area contributed by atoms with E-state index in [1.54, 1.807) is 19.1 Å². The minimum absolute atomic E-state index is 0.0415. The summed E-state index contributed by atoms with van der Waals surface area (Å²) in [6.45, 7) is 1.64. The molecule has 20 heavy (non-hydrogen) atoms. The smallest absolute Gasteiger partial charge is 0.274 e. The van der Waals surface area contributed by atoms with Crippen LogP contribution >= 0.6 is 0 Å². The maximum absolute atomic E-state index is 12.2. The first-order chi connectivity index (χ1) is 9.48. The summed E-state index contributed by atoms with van der Waals surface area (Å²) in [6, 6.07) is 6.62. The van der Waals surface area contributed by atoms with Crippen molar-refractivity contribution in [1.29, 1.82) is 5.26 Å². The highest BCUT2D eigenvalue weighted by Crippen LogP contribution is 2.38. The molecule has 104 valence electrons. The molecular formula is C14H15N3O3. The fourth-order valence-corrected chi connectivity index (χ4v) is 2.50.